The summed E-state index contributed by atoms with van der Waals surface area (Å²) in [6, 6.07) is 0. The van der Waals surface area contributed by atoms with Crippen molar-refractivity contribution in [2.45, 2.75) is 78.4 Å². The van der Waals surface area contributed by atoms with Gasteiger partial charge in [-0.2, -0.15) is 33.7 Å². The van der Waals surface area contributed by atoms with E-state index in [0.29, 0.717) is 0 Å². The molecule has 4 N–H and O–H groups in total. The van der Waals surface area contributed by atoms with Crippen LogP contribution in [0.4, 0.5) is 0 Å². The molecule has 0 aromatic rings. The van der Waals surface area contributed by atoms with Crippen LogP contribution in [0.2, 0.25) is 0 Å². The van der Waals surface area contributed by atoms with Crippen LogP contribution in [0, 0.1) is 0 Å². The van der Waals surface area contributed by atoms with Gasteiger partial charge in [-0.25, -0.2) is 17.2 Å². The van der Waals surface area contributed by atoms with Gasteiger partial charge >= 0.3 is 41.2 Å². The Hall–Kier alpha value is -1.64. The van der Waals surface area contributed by atoms with Gasteiger partial charge < -0.3 is 23.7 Å². The zero-order chi connectivity index (χ0) is 41.6. The van der Waals surface area contributed by atoms with Gasteiger partial charge in [0.15, 0.2) is 0 Å². The average molecular weight is 919 g/mol. The summed E-state index contributed by atoms with van der Waals surface area (Å²) in [6.45, 7) is 2.87. The van der Waals surface area contributed by atoms with Gasteiger partial charge in [0.1, 0.15) is 11.2 Å². The van der Waals surface area contributed by atoms with Gasteiger partial charge in [0.05, 0.1) is 52.6 Å². The first-order chi connectivity index (χ1) is 24.1. The average Bonchev–Trinajstić information content (AvgIpc) is 2.98. The molecule has 0 aliphatic heterocycles. The molecule has 0 saturated carbocycles. The number of rotatable bonds is 22. The maximum atomic E-state index is 12.8. The Kier molecular flexibility index (Phi) is 20.9. The fourth-order valence-electron chi connectivity index (χ4n) is 4.81. The summed E-state index contributed by atoms with van der Waals surface area (Å²) in [7, 11) is -21.7. The zero-order valence-corrected chi connectivity index (χ0v) is 36.2. The van der Waals surface area contributed by atoms with Gasteiger partial charge in [-0.15, -0.1) is 0 Å². The Labute approximate surface area is 332 Å². The molecular weight excluding hydrogens is 873 g/mol. The van der Waals surface area contributed by atoms with Crippen molar-refractivity contribution in [3.8, 4) is 0 Å². The van der Waals surface area contributed by atoms with Crippen LogP contribution in [0.1, 0.15) is 67.2 Å². The third-order valence-electron chi connectivity index (χ3n) is 6.57. The van der Waals surface area contributed by atoms with Crippen molar-refractivity contribution < 1.29 is 75.6 Å². The van der Waals surface area contributed by atoms with E-state index < -0.39 is 112 Å². The van der Waals surface area contributed by atoms with Crippen molar-refractivity contribution >= 4 is 111 Å². The van der Waals surface area contributed by atoms with Gasteiger partial charge in [-0.05, 0) is 89.4 Å². The van der Waals surface area contributed by atoms with E-state index in [1.165, 1.54) is 41.5 Å². The van der Waals surface area contributed by atoms with E-state index in [2.05, 4.69) is 0 Å². The van der Waals surface area contributed by atoms with E-state index in [1.807, 2.05) is 0 Å². The van der Waals surface area contributed by atoms with Gasteiger partial charge in [0, 0.05) is 0 Å². The molecule has 0 saturated heterocycles. The van der Waals surface area contributed by atoms with E-state index in [1.54, 1.807) is 0 Å². The second-order valence-corrected chi connectivity index (χ2v) is 17.4. The third-order valence-corrected chi connectivity index (χ3v) is 11.8. The first kappa shape index (κ1) is 51.4. The summed E-state index contributed by atoms with van der Waals surface area (Å²) in [4.78, 5) is 0. The summed E-state index contributed by atoms with van der Waals surface area (Å²) < 4.78 is 171. The van der Waals surface area contributed by atoms with Crippen LogP contribution in [-0.2, 0) is 64.9 Å². The number of ether oxygens (including phenoxy) is 5. The van der Waals surface area contributed by atoms with Gasteiger partial charge in [0.25, 0.3) is 20.7 Å². The van der Waals surface area contributed by atoms with E-state index >= 15 is 0 Å². The number of thiocarbonyl (C=S) groups is 4. The molecule has 0 unspecified atom stereocenters. The second-order valence-electron chi connectivity index (χ2n) is 10.7. The Morgan fingerprint density at radius 1 is 0.453 bits per heavy atom. The van der Waals surface area contributed by atoms with Crippen molar-refractivity contribution in [2.24, 2.45) is 0 Å². The van der Waals surface area contributed by atoms with Crippen molar-refractivity contribution in [1.82, 2.24) is 17.2 Å². The molecule has 29 heteroatoms. The molecule has 0 atom stereocenters. The van der Waals surface area contributed by atoms with Crippen LogP contribution in [-0.4, -0.2) is 154 Å². The molecule has 312 valence electrons. The standard InChI is InChI=1S/C24H46N4O17S8/c1-7-13-23(15-25(50(29,30)31)19(46)41-9-3,16-26(51(32,33)34)20(47)42-10-4)45-24(14-8-2,17-27(52(35,36)37)21(48)43-11-5)18-28(53(38,39)40)22(49)44-12-6/h7-18H2,1-6H3,(H,29,30,31)(H,32,33,34)(H,35,36,37)(H,38,39,40). The van der Waals surface area contributed by atoms with Crippen molar-refractivity contribution in [3.63, 3.8) is 0 Å². The van der Waals surface area contributed by atoms with Crippen LogP contribution in [0.5, 0.6) is 0 Å². The molecule has 0 spiro atoms. The molecule has 0 radical (unpaired) electrons. The monoisotopic (exact) mass is 918 g/mol. The Balaban J connectivity index is 8.62. The fraction of sp³-hybridized carbons (Fsp3) is 0.833. The highest BCUT2D eigenvalue weighted by molar-refractivity contribution is 7.88. The molecular formula is C24H46N4O17S8. The Morgan fingerprint density at radius 2 is 0.642 bits per heavy atom. The van der Waals surface area contributed by atoms with Crippen molar-refractivity contribution in [2.75, 3.05) is 52.6 Å². The van der Waals surface area contributed by atoms with Crippen LogP contribution >= 0.6 is 48.9 Å². The topological polar surface area (TPSA) is 277 Å². The molecule has 0 aliphatic carbocycles. The highest BCUT2D eigenvalue weighted by Gasteiger charge is 2.51. The highest BCUT2D eigenvalue weighted by Crippen LogP contribution is 2.35. The summed E-state index contributed by atoms with van der Waals surface area (Å²) in [5.41, 5.74) is -4.98. The number of hydrogen-bond acceptors (Lipinski definition) is 17. The summed E-state index contributed by atoms with van der Waals surface area (Å²) >= 11 is 20.3. The minimum Gasteiger partial charge on any atom is -0.470 e. The van der Waals surface area contributed by atoms with E-state index in [-0.39, 0.29) is 56.5 Å². The Bertz CT molecular complexity index is 1470. The molecule has 0 aromatic heterocycles. The first-order valence-electron chi connectivity index (χ1n) is 15.5. The van der Waals surface area contributed by atoms with Crippen LogP contribution in [0.25, 0.3) is 0 Å². The molecule has 0 aromatic carbocycles. The summed E-state index contributed by atoms with van der Waals surface area (Å²) in [5.74, 6) is 0. The molecule has 0 aliphatic rings. The lowest BCUT2D eigenvalue weighted by Gasteiger charge is -2.48. The third kappa shape index (κ3) is 16.5. The predicted molar refractivity (Wildman–Crippen MR) is 206 cm³/mol. The molecule has 53 heavy (non-hydrogen) atoms. The molecule has 0 rings (SSSR count). The first-order valence-corrected chi connectivity index (χ1v) is 22.7. The maximum absolute atomic E-state index is 12.8. The molecule has 0 fully saturated rings. The lowest BCUT2D eigenvalue weighted by molar-refractivity contribution is -0.173. The highest BCUT2D eigenvalue weighted by atomic mass is 32.2. The normalized spacial score (nSPS) is 12.7. The summed E-state index contributed by atoms with van der Waals surface area (Å²) in [6.07, 6.45) is -1.07. The Morgan fingerprint density at radius 3 is 0.774 bits per heavy atom. The lowest BCUT2D eigenvalue weighted by atomic mass is 9.91. The zero-order valence-electron chi connectivity index (χ0n) is 29.6. The largest absolute Gasteiger partial charge is 0.470 e. The maximum Gasteiger partial charge on any atom is 0.363 e. The fourth-order valence-corrected chi connectivity index (χ4v) is 9.23. The quantitative estimate of drug-likeness (QED) is 0.0890. The van der Waals surface area contributed by atoms with Gasteiger partial charge in [0.2, 0.25) is 0 Å². The predicted octanol–water partition coefficient (Wildman–Crippen LogP) is 1.79. The smallest absolute Gasteiger partial charge is 0.363 e. The van der Waals surface area contributed by atoms with E-state index in [4.69, 9.17) is 72.6 Å². The van der Waals surface area contributed by atoms with E-state index in [0.717, 1.165) is 0 Å². The van der Waals surface area contributed by atoms with Gasteiger partial charge in [-0.1, -0.05) is 26.7 Å². The molecule has 0 amide bonds. The minimum atomic E-state index is -5.42. The SMILES string of the molecule is CCCC(CN(C(=S)OCC)S(=O)(=O)O)(CN(C(=S)OCC)S(=O)(=O)O)OC(CCC)(CN(C(=S)OCC)S(=O)(=O)O)CN(C(=S)OCC)S(=O)(=O)O. The molecule has 0 heterocycles. The lowest BCUT2D eigenvalue weighted by Crippen LogP contribution is -2.65. The second kappa shape index (κ2) is 21.6. The van der Waals surface area contributed by atoms with Crippen molar-refractivity contribution in [3.05, 3.63) is 0 Å². The number of nitrogens with zero attached hydrogens (tertiary/aromatic N) is 4. The van der Waals surface area contributed by atoms with Gasteiger partial charge in [-0.3, -0.25) is 18.2 Å². The van der Waals surface area contributed by atoms with E-state index in [9.17, 15) is 51.9 Å². The summed E-state index contributed by atoms with van der Waals surface area (Å²) in [5, 5.41) is -3.56. The van der Waals surface area contributed by atoms with Crippen molar-refractivity contribution in [1.29, 1.82) is 0 Å². The molecule has 0 bridgehead atoms. The molecule has 21 nitrogen and oxygen atoms in total. The minimum absolute atomic E-state index is 0.0532. The number of hydrogen-bond donors (Lipinski definition) is 4. The van der Waals surface area contributed by atoms with Crippen LogP contribution < -0.4 is 0 Å². The van der Waals surface area contributed by atoms with Crippen LogP contribution in [0.3, 0.4) is 0 Å². The van der Waals surface area contributed by atoms with Crippen LogP contribution in [0.15, 0.2) is 0 Å².